The van der Waals surface area contributed by atoms with Gasteiger partial charge in [-0.25, -0.2) is 0 Å². The zero-order valence-corrected chi connectivity index (χ0v) is 8.55. The number of benzene rings is 1. The molecule has 0 radical (unpaired) electrons. The summed E-state index contributed by atoms with van der Waals surface area (Å²) in [5.41, 5.74) is 0. The van der Waals surface area contributed by atoms with E-state index in [4.69, 9.17) is 9.47 Å². The van der Waals surface area contributed by atoms with Crippen molar-refractivity contribution in [2.45, 2.75) is 6.10 Å². The van der Waals surface area contributed by atoms with Crippen LogP contribution >= 0.6 is 0 Å². The van der Waals surface area contributed by atoms with Crippen molar-refractivity contribution in [1.82, 2.24) is 4.90 Å². The summed E-state index contributed by atoms with van der Waals surface area (Å²) in [6, 6.07) is 7.53. The summed E-state index contributed by atoms with van der Waals surface area (Å²) in [6.45, 7) is 1.02. The Labute approximate surface area is 88.4 Å². The molecule has 0 saturated carbocycles. The quantitative estimate of drug-likeness (QED) is 0.692. The Kier molecular flexibility index (Phi) is 2.76. The number of carbonyl (C=O) groups is 1. The molecule has 1 heterocycles. The fourth-order valence-electron chi connectivity index (χ4n) is 1.52. The molecule has 0 aromatic heterocycles. The number of fused-ring (bicyclic) bond motifs is 1. The van der Waals surface area contributed by atoms with Crippen molar-refractivity contribution in [3.8, 4) is 11.5 Å². The molecular formula is C11H13NO3. The molecule has 0 fully saturated rings. The molecule has 1 atom stereocenters. The largest absolute Gasteiger partial charge is 0.486 e. The average Bonchev–Trinajstić information content (AvgIpc) is 2.29. The molecule has 2 rings (SSSR count). The van der Waals surface area contributed by atoms with E-state index in [1.165, 1.54) is 0 Å². The van der Waals surface area contributed by atoms with Crippen molar-refractivity contribution < 1.29 is 14.3 Å². The molecule has 1 unspecified atom stereocenters. The number of hydrogen-bond acceptors (Lipinski definition) is 3. The van der Waals surface area contributed by atoms with Gasteiger partial charge in [0.15, 0.2) is 17.6 Å². The lowest BCUT2D eigenvalue weighted by atomic mass is 10.2. The summed E-state index contributed by atoms with van der Waals surface area (Å²) in [6.07, 6.45) is 0.694. The first-order valence-electron chi connectivity index (χ1n) is 4.83. The zero-order chi connectivity index (χ0) is 10.7. The van der Waals surface area contributed by atoms with Gasteiger partial charge < -0.3 is 14.4 Å². The lowest BCUT2D eigenvalue weighted by Crippen LogP contribution is -2.38. The number of likely N-dealkylation sites (N-methyl/N-ethyl adjacent to an activating group) is 1. The Balaban J connectivity index is 2.02. The van der Waals surface area contributed by atoms with Crippen molar-refractivity contribution in [2.75, 3.05) is 20.2 Å². The van der Waals surface area contributed by atoms with Crippen LogP contribution in [0.5, 0.6) is 11.5 Å². The standard InChI is InChI=1S/C11H13NO3/c1-12(8-13)6-9-7-14-10-4-2-3-5-11(10)15-9/h2-5,8-9H,6-7H2,1H3. The van der Waals surface area contributed by atoms with E-state index in [0.717, 1.165) is 17.9 Å². The summed E-state index contributed by atoms with van der Waals surface area (Å²) < 4.78 is 11.2. The van der Waals surface area contributed by atoms with E-state index in [2.05, 4.69) is 0 Å². The number of carbonyl (C=O) groups excluding carboxylic acids is 1. The normalized spacial score (nSPS) is 18.3. The third-order valence-electron chi connectivity index (χ3n) is 2.24. The van der Waals surface area contributed by atoms with Gasteiger partial charge in [0.2, 0.25) is 6.41 Å². The fourth-order valence-corrected chi connectivity index (χ4v) is 1.52. The molecule has 1 amide bonds. The summed E-state index contributed by atoms with van der Waals surface area (Å²) in [4.78, 5) is 12.0. The highest BCUT2D eigenvalue weighted by Crippen LogP contribution is 2.30. The molecule has 1 aromatic rings. The van der Waals surface area contributed by atoms with E-state index in [0.29, 0.717) is 13.2 Å². The van der Waals surface area contributed by atoms with E-state index < -0.39 is 0 Å². The Hall–Kier alpha value is -1.71. The van der Waals surface area contributed by atoms with Crippen LogP contribution in [0, 0.1) is 0 Å². The lowest BCUT2D eigenvalue weighted by Gasteiger charge is -2.28. The maximum absolute atomic E-state index is 10.5. The van der Waals surface area contributed by atoms with Gasteiger partial charge in [0.1, 0.15) is 6.61 Å². The van der Waals surface area contributed by atoms with Crippen LogP contribution in [0.4, 0.5) is 0 Å². The molecule has 15 heavy (non-hydrogen) atoms. The second-order valence-corrected chi connectivity index (χ2v) is 3.54. The Morgan fingerprint density at radius 2 is 2.20 bits per heavy atom. The third kappa shape index (κ3) is 2.21. The number of amides is 1. The zero-order valence-electron chi connectivity index (χ0n) is 8.55. The number of hydrogen-bond donors (Lipinski definition) is 0. The van der Waals surface area contributed by atoms with Crippen LogP contribution in [0.2, 0.25) is 0 Å². The SMILES string of the molecule is CN(C=O)CC1COc2ccccc2O1. The van der Waals surface area contributed by atoms with Crippen molar-refractivity contribution in [3.05, 3.63) is 24.3 Å². The highest BCUT2D eigenvalue weighted by Gasteiger charge is 2.21. The van der Waals surface area contributed by atoms with Gasteiger partial charge in [-0.05, 0) is 12.1 Å². The molecular weight excluding hydrogens is 194 g/mol. The summed E-state index contributed by atoms with van der Waals surface area (Å²) in [5.74, 6) is 1.51. The first kappa shape index (κ1) is 9.83. The Morgan fingerprint density at radius 1 is 1.47 bits per heavy atom. The van der Waals surface area contributed by atoms with Gasteiger partial charge in [-0.2, -0.15) is 0 Å². The fraction of sp³-hybridized carbons (Fsp3) is 0.364. The molecule has 0 saturated heterocycles. The van der Waals surface area contributed by atoms with Crippen LogP contribution in [-0.2, 0) is 4.79 Å². The van der Waals surface area contributed by atoms with Crippen molar-refractivity contribution in [2.24, 2.45) is 0 Å². The number of ether oxygens (including phenoxy) is 2. The molecule has 0 aliphatic carbocycles. The van der Waals surface area contributed by atoms with Crippen LogP contribution in [0.1, 0.15) is 0 Å². The second kappa shape index (κ2) is 4.21. The van der Waals surface area contributed by atoms with E-state index in [1.807, 2.05) is 24.3 Å². The maximum Gasteiger partial charge on any atom is 0.209 e. The van der Waals surface area contributed by atoms with E-state index >= 15 is 0 Å². The number of nitrogens with zero attached hydrogens (tertiary/aromatic N) is 1. The van der Waals surface area contributed by atoms with E-state index in [9.17, 15) is 4.79 Å². The minimum Gasteiger partial charge on any atom is -0.486 e. The van der Waals surface area contributed by atoms with Crippen molar-refractivity contribution in [1.29, 1.82) is 0 Å². The Bertz CT molecular complexity index is 353. The lowest BCUT2D eigenvalue weighted by molar-refractivity contribution is -0.118. The van der Waals surface area contributed by atoms with Crippen molar-refractivity contribution >= 4 is 6.41 Å². The van der Waals surface area contributed by atoms with Crippen LogP contribution < -0.4 is 9.47 Å². The van der Waals surface area contributed by atoms with Gasteiger partial charge >= 0.3 is 0 Å². The molecule has 1 aromatic carbocycles. The molecule has 0 bridgehead atoms. The summed E-state index contributed by atoms with van der Waals surface area (Å²) in [7, 11) is 1.72. The predicted octanol–water partition coefficient (Wildman–Crippen LogP) is 0.915. The van der Waals surface area contributed by atoms with E-state index in [-0.39, 0.29) is 6.10 Å². The highest BCUT2D eigenvalue weighted by molar-refractivity contribution is 5.46. The number of rotatable bonds is 3. The van der Waals surface area contributed by atoms with Gasteiger partial charge in [0.05, 0.1) is 6.54 Å². The van der Waals surface area contributed by atoms with Gasteiger partial charge in [-0.1, -0.05) is 12.1 Å². The van der Waals surface area contributed by atoms with Gasteiger partial charge in [0.25, 0.3) is 0 Å². The molecule has 4 heteroatoms. The first-order chi connectivity index (χ1) is 7.29. The van der Waals surface area contributed by atoms with Crippen LogP contribution in [0.25, 0.3) is 0 Å². The summed E-state index contributed by atoms with van der Waals surface area (Å²) in [5, 5.41) is 0. The maximum atomic E-state index is 10.5. The Morgan fingerprint density at radius 3 is 2.93 bits per heavy atom. The highest BCUT2D eigenvalue weighted by atomic mass is 16.6. The summed E-state index contributed by atoms with van der Waals surface area (Å²) >= 11 is 0. The van der Waals surface area contributed by atoms with Crippen LogP contribution in [0.15, 0.2) is 24.3 Å². The topological polar surface area (TPSA) is 38.8 Å². The first-order valence-corrected chi connectivity index (χ1v) is 4.83. The minimum absolute atomic E-state index is 0.0879. The molecule has 0 N–H and O–H groups in total. The molecule has 1 aliphatic heterocycles. The molecule has 4 nitrogen and oxygen atoms in total. The van der Waals surface area contributed by atoms with Crippen molar-refractivity contribution in [3.63, 3.8) is 0 Å². The smallest absolute Gasteiger partial charge is 0.209 e. The monoisotopic (exact) mass is 207 g/mol. The second-order valence-electron chi connectivity index (χ2n) is 3.54. The molecule has 1 aliphatic rings. The molecule has 0 spiro atoms. The van der Waals surface area contributed by atoms with Gasteiger partial charge in [-0.3, -0.25) is 4.79 Å². The molecule has 80 valence electrons. The van der Waals surface area contributed by atoms with Gasteiger partial charge in [0, 0.05) is 7.05 Å². The van der Waals surface area contributed by atoms with Gasteiger partial charge in [-0.15, -0.1) is 0 Å². The third-order valence-corrected chi connectivity index (χ3v) is 2.24. The predicted molar refractivity (Wildman–Crippen MR) is 55.0 cm³/mol. The van der Waals surface area contributed by atoms with Crippen LogP contribution in [0.3, 0.4) is 0 Å². The minimum atomic E-state index is -0.0879. The number of para-hydroxylation sites is 2. The average molecular weight is 207 g/mol. The van der Waals surface area contributed by atoms with E-state index in [1.54, 1.807) is 11.9 Å². The van der Waals surface area contributed by atoms with Crippen LogP contribution in [-0.4, -0.2) is 37.6 Å².